The zero-order valence-electron chi connectivity index (χ0n) is 51.3. The highest BCUT2D eigenvalue weighted by atomic mass is 31.2. The first-order valence-corrected chi connectivity index (χ1v) is 34.0. The van der Waals surface area contributed by atoms with Crippen LogP contribution in [0.4, 0.5) is 0 Å². The molecule has 0 aromatic carbocycles. The molecule has 0 amide bonds. The minimum Gasteiger partial charge on any atom is -0.462 e. The molecule has 2 N–H and O–H groups in total. The lowest BCUT2D eigenvalue weighted by Gasteiger charge is -2.21. The second kappa shape index (κ2) is 61.7. The number of unbranched alkanes of at least 4 members (excludes halogenated alkanes) is 29. The first-order chi connectivity index (χ1) is 39.2. The third-order valence-electron chi connectivity index (χ3n) is 13.8. The maximum absolute atomic E-state index is 13.0. The molecule has 0 saturated carbocycles. The number of phosphoric acid groups is 1. The highest BCUT2D eigenvalue weighted by molar-refractivity contribution is 7.47. The fraction of sp³-hybridized carbons (Fsp3) is 0.750. The van der Waals surface area contributed by atoms with Gasteiger partial charge >= 0.3 is 25.7 Å². The molecular weight excluding hydrogens is 1020 g/mol. The number of carbonyl (C=O) groups is 3. The topological polar surface area (TPSA) is 155 Å². The largest absolute Gasteiger partial charge is 0.472 e. The van der Waals surface area contributed by atoms with Crippen LogP contribution in [0.2, 0.25) is 0 Å². The van der Waals surface area contributed by atoms with E-state index in [9.17, 15) is 28.9 Å². The van der Waals surface area contributed by atoms with Crippen LogP contribution < -0.4 is 0 Å². The molecule has 462 valence electrons. The molecule has 3 atom stereocenters. The van der Waals surface area contributed by atoms with E-state index in [1.54, 1.807) is 0 Å². The minimum atomic E-state index is -4.77. The van der Waals surface area contributed by atoms with Crippen molar-refractivity contribution in [2.75, 3.05) is 26.4 Å². The molecule has 80 heavy (non-hydrogen) atoms. The summed E-state index contributed by atoms with van der Waals surface area (Å²) < 4.78 is 39.6. The van der Waals surface area contributed by atoms with E-state index >= 15 is 0 Å². The van der Waals surface area contributed by atoms with Crippen LogP contribution in [-0.2, 0) is 42.2 Å². The maximum atomic E-state index is 13.0. The van der Waals surface area contributed by atoms with Gasteiger partial charge in [0, 0.05) is 19.3 Å². The standard InChI is InChI=1S/C68H119O11P/c1-4-7-10-13-16-19-22-25-28-31-32-35-38-41-44-47-50-53-56-59-68(72)79-65(61-75-66(70)57-54-51-48-45-42-39-36-33-29-26-23-20-17-14-11-8-5-2)63-77-80(73,74)76-62-64(60-69)78-67(71)58-55-52-49-46-43-40-37-34-30-27-24-21-18-15-12-9-6-3/h9,12,18,21,25-30,37,40,46,49,64-65,69H,4-8,10-11,13-17,19-20,22-24,31-36,38-39,41-45,47-48,50-63H2,1-3H3,(H,73,74)/b12-9-,21-18-,28-25-,29-26-,30-27-,40-37-,49-46-. The molecular formula is C68H119O11P. The molecule has 0 heterocycles. The van der Waals surface area contributed by atoms with Crippen LogP contribution in [0, 0.1) is 0 Å². The van der Waals surface area contributed by atoms with Gasteiger partial charge in [0.25, 0.3) is 0 Å². The van der Waals surface area contributed by atoms with Crippen molar-refractivity contribution in [1.82, 2.24) is 0 Å². The SMILES string of the molecule is CC/C=C\C/C=C\C/C=C\C/C=C\C/C=C\CCCC(=O)OC(CO)COP(=O)(O)OCC(COC(=O)CCCCCCCCC/C=C\CCCCCCCC)OC(=O)CCCCCCCCCCC/C=C\CCCCCCCC. The van der Waals surface area contributed by atoms with Gasteiger partial charge in [-0.05, 0) is 109 Å². The van der Waals surface area contributed by atoms with Gasteiger partial charge in [-0.15, -0.1) is 0 Å². The van der Waals surface area contributed by atoms with Gasteiger partial charge in [-0.1, -0.05) is 247 Å². The highest BCUT2D eigenvalue weighted by Gasteiger charge is 2.28. The summed E-state index contributed by atoms with van der Waals surface area (Å²) in [6.45, 7) is 4.49. The van der Waals surface area contributed by atoms with Crippen LogP contribution in [0.5, 0.6) is 0 Å². The molecule has 11 nitrogen and oxygen atoms in total. The normalized spacial score (nSPS) is 13.8. The molecule has 0 rings (SSSR count). The summed E-state index contributed by atoms with van der Waals surface area (Å²) in [7, 11) is -4.77. The summed E-state index contributed by atoms with van der Waals surface area (Å²) in [6, 6.07) is 0. The van der Waals surface area contributed by atoms with Crippen molar-refractivity contribution in [1.29, 1.82) is 0 Å². The second-order valence-corrected chi connectivity index (χ2v) is 23.0. The molecule has 0 saturated heterocycles. The molecule has 12 heteroatoms. The molecule has 0 aliphatic carbocycles. The lowest BCUT2D eigenvalue weighted by atomic mass is 10.1. The van der Waals surface area contributed by atoms with Crippen LogP contribution in [0.25, 0.3) is 0 Å². The fourth-order valence-corrected chi connectivity index (χ4v) is 9.64. The average Bonchev–Trinajstić information content (AvgIpc) is 3.45. The van der Waals surface area contributed by atoms with E-state index in [1.165, 1.54) is 148 Å². The Morgan fingerprint density at radius 3 is 1.06 bits per heavy atom. The third-order valence-corrected chi connectivity index (χ3v) is 14.7. The van der Waals surface area contributed by atoms with Gasteiger partial charge in [-0.3, -0.25) is 23.4 Å². The van der Waals surface area contributed by atoms with E-state index in [2.05, 4.69) is 93.7 Å². The maximum Gasteiger partial charge on any atom is 0.472 e. The number of aliphatic hydroxyl groups excluding tert-OH is 1. The number of phosphoric ester groups is 1. The van der Waals surface area contributed by atoms with Gasteiger partial charge in [0.1, 0.15) is 12.7 Å². The summed E-state index contributed by atoms with van der Waals surface area (Å²) >= 11 is 0. The van der Waals surface area contributed by atoms with E-state index in [-0.39, 0.29) is 25.9 Å². The van der Waals surface area contributed by atoms with Gasteiger partial charge in [0.2, 0.25) is 0 Å². The lowest BCUT2D eigenvalue weighted by molar-refractivity contribution is -0.161. The monoisotopic (exact) mass is 1140 g/mol. The van der Waals surface area contributed by atoms with E-state index in [4.69, 9.17) is 23.3 Å². The zero-order valence-corrected chi connectivity index (χ0v) is 52.2. The summed E-state index contributed by atoms with van der Waals surface area (Å²) in [6.07, 6.45) is 72.5. The Bertz CT molecular complexity index is 1670. The molecule has 0 aromatic rings. The van der Waals surface area contributed by atoms with Crippen molar-refractivity contribution >= 4 is 25.7 Å². The van der Waals surface area contributed by atoms with E-state index in [1.807, 2.05) is 12.2 Å². The van der Waals surface area contributed by atoms with Crippen molar-refractivity contribution < 1.29 is 52.2 Å². The Hall–Kier alpha value is -3.34. The van der Waals surface area contributed by atoms with E-state index in [0.717, 1.165) is 77.0 Å². The Labute approximate surface area is 490 Å². The lowest BCUT2D eigenvalue weighted by Crippen LogP contribution is -2.30. The summed E-state index contributed by atoms with van der Waals surface area (Å²) in [4.78, 5) is 48.7. The molecule has 0 bridgehead atoms. The van der Waals surface area contributed by atoms with Crippen molar-refractivity contribution in [2.45, 2.75) is 303 Å². The number of ether oxygens (including phenoxy) is 3. The number of hydrogen-bond acceptors (Lipinski definition) is 10. The molecule has 0 aromatic heterocycles. The van der Waals surface area contributed by atoms with Gasteiger partial charge in [-0.2, -0.15) is 0 Å². The van der Waals surface area contributed by atoms with Gasteiger partial charge in [0.15, 0.2) is 6.10 Å². The Kier molecular flexibility index (Phi) is 59.1. The predicted molar refractivity (Wildman–Crippen MR) is 334 cm³/mol. The second-order valence-electron chi connectivity index (χ2n) is 21.5. The van der Waals surface area contributed by atoms with Gasteiger partial charge < -0.3 is 24.2 Å². The van der Waals surface area contributed by atoms with Gasteiger partial charge in [0.05, 0.1) is 19.8 Å². The van der Waals surface area contributed by atoms with Crippen molar-refractivity contribution in [3.8, 4) is 0 Å². The van der Waals surface area contributed by atoms with Crippen molar-refractivity contribution in [3.63, 3.8) is 0 Å². The Morgan fingerprint density at radius 2 is 0.662 bits per heavy atom. The zero-order chi connectivity index (χ0) is 58.3. The molecule has 0 radical (unpaired) electrons. The number of aliphatic hydroxyl groups is 1. The van der Waals surface area contributed by atoms with Crippen molar-refractivity contribution in [2.24, 2.45) is 0 Å². The smallest absolute Gasteiger partial charge is 0.462 e. The predicted octanol–water partition coefficient (Wildman–Crippen LogP) is 19.8. The summed E-state index contributed by atoms with van der Waals surface area (Å²) in [5.74, 6) is -1.52. The van der Waals surface area contributed by atoms with Crippen molar-refractivity contribution in [3.05, 3.63) is 85.1 Å². The van der Waals surface area contributed by atoms with E-state index in [0.29, 0.717) is 25.7 Å². The van der Waals surface area contributed by atoms with E-state index < -0.39 is 57.8 Å². The summed E-state index contributed by atoms with van der Waals surface area (Å²) in [5.41, 5.74) is 0. The number of rotatable bonds is 60. The van der Waals surface area contributed by atoms with Crippen LogP contribution >= 0.6 is 7.82 Å². The molecule has 3 unspecified atom stereocenters. The Morgan fingerprint density at radius 1 is 0.362 bits per heavy atom. The number of hydrogen-bond donors (Lipinski definition) is 2. The molecule has 0 aliphatic rings. The first-order valence-electron chi connectivity index (χ1n) is 32.5. The highest BCUT2D eigenvalue weighted by Crippen LogP contribution is 2.43. The fourth-order valence-electron chi connectivity index (χ4n) is 8.85. The molecule has 0 spiro atoms. The van der Waals surface area contributed by atoms with Gasteiger partial charge in [-0.25, -0.2) is 4.57 Å². The molecule has 0 aliphatic heterocycles. The quantitative estimate of drug-likeness (QED) is 0.0197. The summed E-state index contributed by atoms with van der Waals surface area (Å²) in [5, 5.41) is 9.84. The number of carbonyl (C=O) groups excluding carboxylic acids is 3. The average molecular weight is 1140 g/mol. The number of allylic oxidation sites excluding steroid dienone is 14. The van der Waals surface area contributed by atoms with Crippen LogP contribution in [0.15, 0.2) is 85.1 Å². The van der Waals surface area contributed by atoms with Crippen LogP contribution in [0.3, 0.4) is 0 Å². The van der Waals surface area contributed by atoms with Crippen LogP contribution in [0.1, 0.15) is 290 Å². The molecule has 0 fully saturated rings. The van der Waals surface area contributed by atoms with Crippen LogP contribution in [-0.4, -0.2) is 66.5 Å². The third kappa shape index (κ3) is 59.3. The number of esters is 3. The minimum absolute atomic E-state index is 0.0966. The Balaban J connectivity index is 4.76. The first kappa shape index (κ1) is 76.7.